The number of rotatable bonds is 6. The molecule has 0 aromatic carbocycles. The van der Waals surface area contributed by atoms with E-state index in [1.54, 1.807) is 0 Å². The summed E-state index contributed by atoms with van der Waals surface area (Å²) in [4.78, 5) is 4.37. The van der Waals surface area contributed by atoms with Gasteiger partial charge in [0.2, 0.25) is 0 Å². The van der Waals surface area contributed by atoms with Crippen molar-refractivity contribution < 1.29 is 0 Å². The molecular formula is C14H22N2S. The zero-order valence-corrected chi connectivity index (χ0v) is 11.4. The smallest absolute Gasteiger partial charge is 0.0960 e. The minimum atomic E-state index is 0.662. The summed E-state index contributed by atoms with van der Waals surface area (Å²) in [7, 11) is 0. The molecule has 1 unspecified atom stereocenters. The van der Waals surface area contributed by atoms with Crippen molar-refractivity contribution in [3.05, 3.63) is 24.4 Å². The van der Waals surface area contributed by atoms with Gasteiger partial charge in [-0.25, -0.2) is 4.98 Å². The van der Waals surface area contributed by atoms with Gasteiger partial charge in [-0.05, 0) is 37.4 Å². The zero-order chi connectivity index (χ0) is 11.9. The third-order valence-electron chi connectivity index (χ3n) is 3.48. The molecule has 0 saturated heterocycles. The van der Waals surface area contributed by atoms with Gasteiger partial charge in [-0.15, -0.1) is 11.8 Å². The number of aromatic nitrogens is 1. The highest BCUT2D eigenvalue weighted by molar-refractivity contribution is 7.99. The molecule has 1 saturated carbocycles. The maximum absolute atomic E-state index is 4.37. The van der Waals surface area contributed by atoms with E-state index in [1.807, 2.05) is 24.0 Å². The number of hydrogen-bond donors (Lipinski definition) is 1. The Morgan fingerprint density at radius 1 is 1.41 bits per heavy atom. The number of pyridine rings is 1. The van der Waals surface area contributed by atoms with Gasteiger partial charge in [0.1, 0.15) is 0 Å². The van der Waals surface area contributed by atoms with Crippen LogP contribution in [0.1, 0.15) is 32.6 Å². The van der Waals surface area contributed by atoms with Crippen molar-refractivity contribution in [3.63, 3.8) is 0 Å². The Kier molecular flexibility index (Phi) is 5.33. The molecule has 0 amide bonds. The summed E-state index contributed by atoms with van der Waals surface area (Å²) in [6.07, 6.45) is 7.52. The van der Waals surface area contributed by atoms with Gasteiger partial charge in [0.25, 0.3) is 0 Å². The van der Waals surface area contributed by atoms with E-state index in [0.717, 1.165) is 23.2 Å². The third-order valence-corrected chi connectivity index (χ3v) is 4.55. The SMILES string of the molecule is CCNC(CSc1ccccn1)C1CCCC1. The van der Waals surface area contributed by atoms with Gasteiger partial charge in [0, 0.05) is 18.0 Å². The van der Waals surface area contributed by atoms with Crippen molar-refractivity contribution in [1.82, 2.24) is 10.3 Å². The van der Waals surface area contributed by atoms with E-state index >= 15 is 0 Å². The molecule has 2 nitrogen and oxygen atoms in total. The van der Waals surface area contributed by atoms with E-state index in [4.69, 9.17) is 0 Å². The molecule has 0 radical (unpaired) electrons. The van der Waals surface area contributed by atoms with Crippen molar-refractivity contribution in [1.29, 1.82) is 0 Å². The van der Waals surface area contributed by atoms with E-state index in [9.17, 15) is 0 Å². The van der Waals surface area contributed by atoms with Crippen LogP contribution < -0.4 is 5.32 Å². The monoisotopic (exact) mass is 250 g/mol. The Morgan fingerprint density at radius 3 is 2.88 bits per heavy atom. The number of hydrogen-bond acceptors (Lipinski definition) is 3. The van der Waals surface area contributed by atoms with Crippen LogP contribution in [-0.2, 0) is 0 Å². The highest BCUT2D eigenvalue weighted by Crippen LogP contribution is 2.30. The van der Waals surface area contributed by atoms with Crippen LogP contribution >= 0.6 is 11.8 Å². The predicted molar refractivity (Wildman–Crippen MR) is 74.4 cm³/mol. The second-order valence-corrected chi connectivity index (χ2v) is 5.73. The van der Waals surface area contributed by atoms with Gasteiger partial charge < -0.3 is 5.32 Å². The lowest BCUT2D eigenvalue weighted by Gasteiger charge is -2.23. The van der Waals surface area contributed by atoms with E-state index in [2.05, 4.69) is 29.4 Å². The standard InChI is InChI=1S/C14H22N2S/c1-2-15-13(12-7-3-4-8-12)11-17-14-9-5-6-10-16-14/h5-6,9-10,12-13,15H,2-4,7-8,11H2,1H3. The summed E-state index contributed by atoms with van der Waals surface area (Å²) in [5.41, 5.74) is 0. The van der Waals surface area contributed by atoms with Crippen LogP contribution in [0.2, 0.25) is 0 Å². The quantitative estimate of drug-likeness (QED) is 0.784. The molecule has 1 aromatic heterocycles. The first-order valence-electron chi connectivity index (χ1n) is 6.67. The maximum Gasteiger partial charge on any atom is 0.0960 e. The Morgan fingerprint density at radius 2 is 2.24 bits per heavy atom. The minimum Gasteiger partial charge on any atom is -0.313 e. The van der Waals surface area contributed by atoms with Crippen molar-refractivity contribution in [2.45, 2.75) is 43.7 Å². The molecule has 1 N–H and O–H groups in total. The van der Waals surface area contributed by atoms with Crippen LogP contribution in [-0.4, -0.2) is 23.3 Å². The lowest BCUT2D eigenvalue weighted by atomic mass is 10.00. The first-order chi connectivity index (χ1) is 8.40. The van der Waals surface area contributed by atoms with Gasteiger partial charge in [0.05, 0.1) is 5.03 Å². The van der Waals surface area contributed by atoms with E-state index in [0.29, 0.717) is 6.04 Å². The number of nitrogens with zero attached hydrogens (tertiary/aromatic N) is 1. The molecule has 1 atom stereocenters. The lowest BCUT2D eigenvalue weighted by molar-refractivity contribution is 0.394. The summed E-state index contributed by atoms with van der Waals surface area (Å²) in [5.74, 6) is 2.03. The van der Waals surface area contributed by atoms with Gasteiger partial charge in [-0.1, -0.05) is 25.8 Å². The fourth-order valence-electron chi connectivity index (χ4n) is 2.59. The van der Waals surface area contributed by atoms with Crippen LogP contribution in [0.25, 0.3) is 0 Å². The van der Waals surface area contributed by atoms with E-state index in [1.165, 1.54) is 25.7 Å². The molecule has 0 spiro atoms. The van der Waals surface area contributed by atoms with Crippen molar-refractivity contribution in [2.24, 2.45) is 5.92 Å². The largest absolute Gasteiger partial charge is 0.313 e. The Bertz CT molecular complexity index is 309. The van der Waals surface area contributed by atoms with E-state index in [-0.39, 0.29) is 0 Å². The molecule has 0 bridgehead atoms. The molecule has 1 aliphatic carbocycles. The van der Waals surface area contributed by atoms with Crippen molar-refractivity contribution >= 4 is 11.8 Å². The van der Waals surface area contributed by atoms with Gasteiger partial charge >= 0.3 is 0 Å². The molecule has 1 fully saturated rings. The Hall–Kier alpha value is -0.540. The fraction of sp³-hybridized carbons (Fsp3) is 0.643. The normalized spacial score (nSPS) is 18.4. The molecular weight excluding hydrogens is 228 g/mol. The van der Waals surface area contributed by atoms with Crippen LogP contribution in [0.4, 0.5) is 0 Å². The Labute approximate surface area is 109 Å². The van der Waals surface area contributed by atoms with Gasteiger partial charge in [-0.3, -0.25) is 0 Å². The fourth-order valence-corrected chi connectivity index (χ4v) is 3.64. The topological polar surface area (TPSA) is 24.9 Å². The highest BCUT2D eigenvalue weighted by Gasteiger charge is 2.24. The Balaban J connectivity index is 1.84. The van der Waals surface area contributed by atoms with Crippen LogP contribution in [0.15, 0.2) is 29.4 Å². The van der Waals surface area contributed by atoms with Crippen LogP contribution in [0.5, 0.6) is 0 Å². The van der Waals surface area contributed by atoms with Crippen LogP contribution in [0.3, 0.4) is 0 Å². The van der Waals surface area contributed by atoms with Gasteiger partial charge in [0.15, 0.2) is 0 Å². The van der Waals surface area contributed by atoms with Crippen molar-refractivity contribution in [2.75, 3.05) is 12.3 Å². The summed E-state index contributed by atoms with van der Waals surface area (Å²) >= 11 is 1.88. The maximum atomic E-state index is 4.37. The van der Waals surface area contributed by atoms with E-state index < -0.39 is 0 Å². The molecule has 1 heterocycles. The number of nitrogens with one attached hydrogen (secondary N) is 1. The van der Waals surface area contributed by atoms with Gasteiger partial charge in [-0.2, -0.15) is 0 Å². The molecule has 3 heteroatoms. The second-order valence-electron chi connectivity index (χ2n) is 4.69. The predicted octanol–water partition coefficient (Wildman–Crippen LogP) is 3.34. The highest BCUT2D eigenvalue weighted by atomic mass is 32.2. The molecule has 94 valence electrons. The first kappa shape index (κ1) is 12.9. The second kappa shape index (κ2) is 7.02. The van der Waals surface area contributed by atoms with Crippen LogP contribution in [0, 0.1) is 5.92 Å². The average molecular weight is 250 g/mol. The molecule has 2 rings (SSSR count). The summed E-state index contributed by atoms with van der Waals surface area (Å²) in [6.45, 7) is 3.28. The summed E-state index contributed by atoms with van der Waals surface area (Å²) in [6, 6.07) is 6.80. The molecule has 0 aliphatic heterocycles. The molecule has 1 aromatic rings. The zero-order valence-electron chi connectivity index (χ0n) is 10.6. The molecule has 17 heavy (non-hydrogen) atoms. The average Bonchev–Trinajstić information content (AvgIpc) is 2.89. The minimum absolute atomic E-state index is 0.662. The lowest BCUT2D eigenvalue weighted by Crippen LogP contribution is -2.37. The summed E-state index contributed by atoms with van der Waals surface area (Å²) in [5, 5.41) is 4.79. The number of thioether (sulfide) groups is 1. The third kappa shape index (κ3) is 4.00. The summed E-state index contributed by atoms with van der Waals surface area (Å²) < 4.78 is 0. The first-order valence-corrected chi connectivity index (χ1v) is 7.66. The van der Waals surface area contributed by atoms with Crippen molar-refractivity contribution in [3.8, 4) is 0 Å². The molecule has 1 aliphatic rings.